The second-order valence-electron chi connectivity index (χ2n) is 3.88. The van der Waals surface area contributed by atoms with Crippen molar-refractivity contribution in [2.45, 2.75) is 6.42 Å². The zero-order chi connectivity index (χ0) is 13.1. The number of nitrogens with zero attached hydrogens (tertiary/aromatic N) is 4. The van der Waals surface area contributed by atoms with Crippen LogP contribution in [0.5, 0.6) is 0 Å². The molecule has 96 valence electrons. The maximum Gasteiger partial charge on any atom is 0.224 e. The summed E-state index contributed by atoms with van der Waals surface area (Å²) in [5.74, 6) is 1.36. The number of halogens is 1. The first-order valence-electron chi connectivity index (χ1n) is 5.74. The zero-order valence-corrected chi connectivity index (χ0v) is 10.6. The number of hydrogen-bond acceptors (Lipinski definition) is 6. The van der Waals surface area contributed by atoms with Crippen LogP contribution in [0.2, 0.25) is 5.28 Å². The summed E-state index contributed by atoms with van der Waals surface area (Å²) in [4.78, 5) is 12.3. The summed E-state index contributed by atoms with van der Waals surface area (Å²) >= 11 is 5.90. The molecule has 6 nitrogen and oxygen atoms in total. The predicted octanol–water partition coefficient (Wildman–Crippen LogP) is 2.32. The predicted molar refractivity (Wildman–Crippen MR) is 71.0 cm³/mol. The third kappa shape index (κ3) is 2.63. The second kappa shape index (κ2) is 5.19. The molecular formula is C12H10ClN5O. The summed E-state index contributed by atoms with van der Waals surface area (Å²) in [7, 11) is 0. The van der Waals surface area contributed by atoms with Gasteiger partial charge in [0.15, 0.2) is 5.82 Å². The van der Waals surface area contributed by atoms with Crippen LogP contribution in [-0.2, 0) is 6.42 Å². The van der Waals surface area contributed by atoms with Crippen molar-refractivity contribution in [3.63, 3.8) is 0 Å². The number of benzene rings is 1. The summed E-state index contributed by atoms with van der Waals surface area (Å²) < 4.78 is 4.67. The highest BCUT2D eigenvalue weighted by molar-refractivity contribution is 6.28. The zero-order valence-electron chi connectivity index (χ0n) is 9.88. The number of anilines is 1. The van der Waals surface area contributed by atoms with E-state index in [1.165, 1.54) is 6.39 Å². The van der Waals surface area contributed by atoms with Crippen molar-refractivity contribution in [1.82, 2.24) is 20.1 Å². The molecule has 3 aromatic rings. The van der Waals surface area contributed by atoms with Crippen LogP contribution in [0.15, 0.2) is 35.2 Å². The van der Waals surface area contributed by atoms with Gasteiger partial charge in [0.05, 0.1) is 5.52 Å². The summed E-state index contributed by atoms with van der Waals surface area (Å²) in [6.45, 7) is 0.636. The fourth-order valence-corrected chi connectivity index (χ4v) is 1.95. The molecule has 0 unspecified atom stereocenters. The van der Waals surface area contributed by atoms with E-state index < -0.39 is 0 Å². The lowest BCUT2D eigenvalue weighted by Crippen LogP contribution is -2.08. The number of nitrogens with one attached hydrogen (secondary N) is 1. The van der Waals surface area contributed by atoms with Crippen molar-refractivity contribution in [2.75, 3.05) is 11.9 Å². The van der Waals surface area contributed by atoms with Gasteiger partial charge in [-0.1, -0.05) is 17.3 Å². The Morgan fingerprint density at radius 3 is 2.95 bits per heavy atom. The van der Waals surface area contributed by atoms with E-state index in [-0.39, 0.29) is 5.28 Å². The van der Waals surface area contributed by atoms with E-state index in [1.54, 1.807) is 0 Å². The molecule has 0 radical (unpaired) electrons. The number of fused-ring (bicyclic) bond motifs is 1. The Hall–Kier alpha value is -2.21. The first-order valence-corrected chi connectivity index (χ1v) is 6.12. The van der Waals surface area contributed by atoms with Crippen LogP contribution >= 0.6 is 11.6 Å². The Morgan fingerprint density at radius 2 is 2.11 bits per heavy atom. The van der Waals surface area contributed by atoms with Gasteiger partial charge in [0.25, 0.3) is 0 Å². The van der Waals surface area contributed by atoms with Crippen molar-refractivity contribution in [3.05, 3.63) is 41.8 Å². The lowest BCUT2D eigenvalue weighted by Gasteiger charge is -2.07. The van der Waals surface area contributed by atoms with Gasteiger partial charge in [-0.3, -0.25) is 0 Å². The van der Waals surface area contributed by atoms with Crippen molar-refractivity contribution >= 4 is 28.3 Å². The monoisotopic (exact) mass is 275 g/mol. The van der Waals surface area contributed by atoms with Crippen LogP contribution in [-0.4, -0.2) is 26.7 Å². The van der Waals surface area contributed by atoms with Crippen LogP contribution in [0.4, 0.5) is 5.82 Å². The van der Waals surface area contributed by atoms with Gasteiger partial charge in [0.1, 0.15) is 5.82 Å². The molecule has 19 heavy (non-hydrogen) atoms. The SMILES string of the molecule is Clc1nc(NCCc2ncon2)c2ccccc2n1. The van der Waals surface area contributed by atoms with E-state index in [4.69, 9.17) is 11.6 Å². The first kappa shape index (κ1) is 11.9. The molecule has 0 fully saturated rings. The maximum atomic E-state index is 5.90. The van der Waals surface area contributed by atoms with Crippen molar-refractivity contribution in [3.8, 4) is 0 Å². The summed E-state index contributed by atoms with van der Waals surface area (Å²) in [5.41, 5.74) is 0.810. The lowest BCUT2D eigenvalue weighted by atomic mass is 10.2. The van der Waals surface area contributed by atoms with Crippen molar-refractivity contribution < 1.29 is 4.52 Å². The van der Waals surface area contributed by atoms with Crippen LogP contribution < -0.4 is 5.32 Å². The van der Waals surface area contributed by atoms with Gasteiger partial charge >= 0.3 is 0 Å². The van der Waals surface area contributed by atoms with Gasteiger partial charge < -0.3 is 9.84 Å². The molecule has 0 spiro atoms. The number of aromatic nitrogens is 4. The molecule has 0 bridgehead atoms. The van der Waals surface area contributed by atoms with Crippen LogP contribution in [0.25, 0.3) is 10.9 Å². The molecule has 0 aliphatic heterocycles. The van der Waals surface area contributed by atoms with Crippen LogP contribution in [0.1, 0.15) is 5.82 Å². The van der Waals surface area contributed by atoms with Crippen molar-refractivity contribution in [2.24, 2.45) is 0 Å². The van der Waals surface area contributed by atoms with Gasteiger partial charge in [-0.25, -0.2) is 9.97 Å². The van der Waals surface area contributed by atoms with E-state index >= 15 is 0 Å². The summed E-state index contributed by atoms with van der Waals surface area (Å²) in [6, 6.07) is 7.69. The molecule has 0 aliphatic rings. The Kier molecular flexibility index (Phi) is 3.24. The van der Waals surface area contributed by atoms with E-state index in [1.807, 2.05) is 24.3 Å². The van der Waals surface area contributed by atoms with Crippen LogP contribution in [0.3, 0.4) is 0 Å². The molecule has 2 heterocycles. The largest absolute Gasteiger partial charge is 0.369 e. The van der Waals surface area contributed by atoms with E-state index in [0.29, 0.717) is 24.6 Å². The fraction of sp³-hybridized carbons (Fsp3) is 0.167. The van der Waals surface area contributed by atoms with Crippen molar-refractivity contribution in [1.29, 1.82) is 0 Å². The average molecular weight is 276 g/mol. The maximum absolute atomic E-state index is 5.90. The Bertz CT molecular complexity index is 686. The minimum Gasteiger partial charge on any atom is -0.369 e. The number of rotatable bonds is 4. The normalized spacial score (nSPS) is 10.8. The molecule has 0 saturated heterocycles. The average Bonchev–Trinajstić information content (AvgIpc) is 2.91. The molecule has 0 amide bonds. The molecule has 1 aromatic carbocycles. The Labute approximate surface area is 113 Å². The molecule has 3 rings (SSSR count). The van der Waals surface area contributed by atoms with Gasteiger partial charge in [0, 0.05) is 18.4 Å². The van der Waals surface area contributed by atoms with Gasteiger partial charge in [0.2, 0.25) is 11.7 Å². The van der Waals surface area contributed by atoms with Crippen LogP contribution in [0, 0.1) is 0 Å². The Balaban J connectivity index is 1.80. The Morgan fingerprint density at radius 1 is 1.21 bits per heavy atom. The number of para-hydroxylation sites is 1. The molecule has 0 saturated carbocycles. The third-order valence-corrected chi connectivity index (χ3v) is 2.79. The summed E-state index contributed by atoms with van der Waals surface area (Å²) in [6.07, 6.45) is 1.96. The minimum atomic E-state index is 0.223. The minimum absolute atomic E-state index is 0.223. The fourth-order valence-electron chi connectivity index (χ4n) is 1.78. The second-order valence-corrected chi connectivity index (χ2v) is 4.22. The molecule has 0 atom stereocenters. The lowest BCUT2D eigenvalue weighted by molar-refractivity contribution is 0.410. The quantitative estimate of drug-likeness (QED) is 0.736. The molecular weight excluding hydrogens is 266 g/mol. The molecule has 2 aromatic heterocycles. The number of hydrogen-bond donors (Lipinski definition) is 1. The molecule has 7 heteroatoms. The molecule has 1 N–H and O–H groups in total. The molecule has 0 aliphatic carbocycles. The van der Waals surface area contributed by atoms with E-state index in [9.17, 15) is 0 Å². The topological polar surface area (TPSA) is 76.7 Å². The first-order chi connectivity index (χ1) is 9.33. The van der Waals surface area contributed by atoms with E-state index in [2.05, 4.69) is 29.9 Å². The standard InChI is InChI=1S/C12H10ClN5O/c13-12-16-9-4-2-1-3-8(9)11(17-12)14-6-5-10-15-7-19-18-10/h1-4,7H,5-6H2,(H,14,16,17). The van der Waals surface area contributed by atoms with Gasteiger partial charge in [-0.15, -0.1) is 0 Å². The smallest absolute Gasteiger partial charge is 0.224 e. The van der Waals surface area contributed by atoms with E-state index in [0.717, 1.165) is 10.9 Å². The highest BCUT2D eigenvalue weighted by Gasteiger charge is 2.06. The third-order valence-electron chi connectivity index (χ3n) is 2.62. The van der Waals surface area contributed by atoms with Gasteiger partial charge in [-0.2, -0.15) is 4.98 Å². The highest BCUT2D eigenvalue weighted by Crippen LogP contribution is 2.21. The van der Waals surface area contributed by atoms with Gasteiger partial charge in [-0.05, 0) is 23.7 Å². The highest BCUT2D eigenvalue weighted by atomic mass is 35.5. The summed E-state index contributed by atoms with van der Waals surface area (Å²) in [5, 5.41) is 8.11.